The summed E-state index contributed by atoms with van der Waals surface area (Å²) in [4.78, 5) is 53.8. The van der Waals surface area contributed by atoms with Crippen molar-refractivity contribution in [2.45, 2.75) is 19.9 Å². The molecule has 0 amide bonds. The number of esters is 2. The minimum Gasteiger partial charge on any atom is -0.493 e. The summed E-state index contributed by atoms with van der Waals surface area (Å²) in [5.74, 6) is -0.0568. The van der Waals surface area contributed by atoms with Gasteiger partial charge in [0.25, 0.3) is 11.2 Å². The van der Waals surface area contributed by atoms with E-state index < -0.39 is 28.5 Å². The van der Waals surface area contributed by atoms with E-state index in [1.807, 2.05) is 0 Å². The first-order valence-corrected chi connectivity index (χ1v) is 13.2. The number of hydrogen-bond donors (Lipinski definition) is 0. The molecule has 0 saturated carbocycles. The number of fused-ring (bicyclic) bond motifs is 1. The first kappa shape index (κ1) is 28.2. The van der Waals surface area contributed by atoms with Crippen molar-refractivity contribution in [3.05, 3.63) is 107 Å². The second kappa shape index (κ2) is 11.3. The van der Waals surface area contributed by atoms with E-state index in [2.05, 4.69) is 4.99 Å². The number of aromatic nitrogens is 1. The van der Waals surface area contributed by atoms with Crippen molar-refractivity contribution in [2.75, 3.05) is 14.2 Å². The van der Waals surface area contributed by atoms with Crippen molar-refractivity contribution >= 4 is 35.0 Å². The smallest absolute Gasteiger partial charge is 0.338 e. The monoisotopic (exact) mass is 589 g/mol. The number of thiazole rings is 1. The number of methoxy groups -OCH3 is 2. The summed E-state index contributed by atoms with van der Waals surface area (Å²) in [7, 11) is 2.65. The normalized spacial score (nSPS) is 14.7. The van der Waals surface area contributed by atoms with Gasteiger partial charge in [-0.1, -0.05) is 29.5 Å². The average Bonchev–Trinajstić information content (AvgIpc) is 3.56. The number of carbonyl (C=O) groups excluding carboxylic acids is 2. The highest BCUT2D eigenvalue weighted by atomic mass is 32.1. The number of carbonyl (C=O) groups is 2. The zero-order chi connectivity index (χ0) is 30.1. The molecule has 0 saturated heterocycles. The number of nitro groups is 1. The first-order chi connectivity index (χ1) is 20.1. The van der Waals surface area contributed by atoms with Gasteiger partial charge < -0.3 is 18.6 Å². The maximum Gasteiger partial charge on any atom is 0.338 e. The molecule has 5 rings (SSSR count). The van der Waals surface area contributed by atoms with E-state index in [9.17, 15) is 24.5 Å². The summed E-state index contributed by atoms with van der Waals surface area (Å²) in [6, 6.07) is 13.1. The Labute approximate surface area is 241 Å². The Morgan fingerprint density at radius 2 is 1.90 bits per heavy atom. The highest BCUT2D eigenvalue weighted by Crippen LogP contribution is 2.36. The zero-order valence-electron chi connectivity index (χ0n) is 22.8. The first-order valence-electron chi connectivity index (χ1n) is 12.4. The van der Waals surface area contributed by atoms with Crippen LogP contribution in [0.25, 0.3) is 17.4 Å². The molecule has 0 N–H and O–H groups in total. The van der Waals surface area contributed by atoms with E-state index in [-0.39, 0.29) is 27.3 Å². The Kier molecular flexibility index (Phi) is 7.59. The molecule has 4 aromatic rings. The number of hydrogen-bond acceptors (Lipinski definition) is 11. The largest absolute Gasteiger partial charge is 0.493 e. The number of benzene rings is 2. The molecule has 1 unspecified atom stereocenters. The van der Waals surface area contributed by atoms with Gasteiger partial charge in [-0.05, 0) is 36.8 Å². The lowest BCUT2D eigenvalue weighted by Gasteiger charge is -2.25. The predicted octanol–water partition coefficient (Wildman–Crippen LogP) is 3.51. The maximum atomic E-state index is 13.8. The van der Waals surface area contributed by atoms with Crippen molar-refractivity contribution in [3.8, 4) is 22.8 Å². The van der Waals surface area contributed by atoms with E-state index in [0.29, 0.717) is 33.1 Å². The molecule has 42 heavy (non-hydrogen) atoms. The summed E-state index contributed by atoms with van der Waals surface area (Å²) < 4.78 is 23.2. The van der Waals surface area contributed by atoms with Gasteiger partial charge in [0.2, 0.25) is 0 Å². The van der Waals surface area contributed by atoms with Gasteiger partial charge >= 0.3 is 11.9 Å². The van der Waals surface area contributed by atoms with Crippen LogP contribution in [0, 0.1) is 10.1 Å². The Morgan fingerprint density at radius 1 is 1.12 bits per heavy atom. The molecule has 214 valence electrons. The zero-order valence-corrected chi connectivity index (χ0v) is 23.6. The number of furan rings is 1. The molecule has 0 fully saturated rings. The van der Waals surface area contributed by atoms with Crippen LogP contribution in [0.3, 0.4) is 0 Å². The quantitative estimate of drug-likeness (QED) is 0.136. The number of nitrogens with zero attached hydrogens (tertiary/aromatic N) is 3. The molecule has 0 bridgehead atoms. The fourth-order valence-electron chi connectivity index (χ4n) is 4.59. The molecule has 0 aliphatic carbocycles. The lowest BCUT2D eigenvalue weighted by Crippen LogP contribution is -2.39. The maximum absolute atomic E-state index is 13.8. The number of non-ortho nitro benzene ring substituents is 1. The summed E-state index contributed by atoms with van der Waals surface area (Å²) in [5.41, 5.74) is 1.02. The van der Waals surface area contributed by atoms with Crippen LogP contribution in [-0.2, 0) is 14.3 Å². The van der Waals surface area contributed by atoms with E-state index in [1.54, 1.807) is 49.4 Å². The van der Waals surface area contributed by atoms with Crippen LogP contribution in [0.4, 0.5) is 5.69 Å². The van der Waals surface area contributed by atoms with E-state index in [1.165, 1.54) is 43.9 Å². The van der Waals surface area contributed by atoms with Crippen LogP contribution < -0.4 is 24.4 Å². The molecule has 2 aromatic carbocycles. The highest BCUT2D eigenvalue weighted by Gasteiger charge is 2.33. The summed E-state index contributed by atoms with van der Waals surface area (Å²) in [5, 5.41) is 11.2. The second-order valence-corrected chi connectivity index (χ2v) is 10.1. The Morgan fingerprint density at radius 3 is 2.60 bits per heavy atom. The molecule has 13 heteroatoms. The SMILES string of the molecule is COC(=O)C1=C(C)N=c2sc(=Cc3ccc(-c4cccc([N+](=O)[O-])c4)o3)c(=O)n2C1c1ccc(OC(C)=O)c(OC)c1. The summed E-state index contributed by atoms with van der Waals surface area (Å²) in [6.45, 7) is 2.91. The fraction of sp³-hybridized carbons (Fsp3) is 0.172. The number of rotatable bonds is 7. The molecule has 0 radical (unpaired) electrons. The Hall–Kier alpha value is -5.30. The third-order valence-electron chi connectivity index (χ3n) is 6.43. The van der Waals surface area contributed by atoms with Gasteiger partial charge in [-0.2, -0.15) is 0 Å². The van der Waals surface area contributed by atoms with Crippen molar-refractivity contribution in [3.63, 3.8) is 0 Å². The fourth-order valence-corrected chi connectivity index (χ4v) is 5.62. The van der Waals surface area contributed by atoms with Crippen LogP contribution >= 0.6 is 11.3 Å². The highest BCUT2D eigenvalue weighted by molar-refractivity contribution is 7.07. The van der Waals surface area contributed by atoms with Gasteiger partial charge in [-0.3, -0.25) is 24.3 Å². The lowest BCUT2D eigenvalue weighted by molar-refractivity contribution is -0.384. The predicted molar refractivity (Wildman–Crippen MR) is 151 cm³/mol. The van der Waals surface area contributed by atoms with Gasteiger partial charge in [0, 0.05) is 30.7 Å². The number of allylic oxidation sites excluding steroid dienone is 1. The molecular formula is C29H23N3O9S. The Balaban J connectivity index is 1.63. The van der Waals surface area contributed by atoms with Crippen LogP contribution in [0.5, 0.6) is 11.5 Å². The van der Waals surface area contributed by atoms with Gasteiger partial charge in [0.05, 0.1) is 41.0 Å². The molecule has 2 aromatic heterocycles. The molecule has 0 spiro atoms. The molecular weight excluding hydrogens is 566 g/mol. The van der Waals surface area contributed by atoms with Gasteiger partial charge in [-0.25, -0.2) is 9.79 Å². The third kappa shape index (κ3) is 5.24. The minimum atomic E-state index is -0.923. The number of ether oxygens (including phenoxy) is 3. The molecule has 3 heterocycles. The number of nitro benzene ring substituents is 1. The average molecular weight is 590 g/mol. The molecule has 1 aliphatic rings. The van der Waals surface area contributed by atoms with Gasteiger partial charge in [0.1, 0.15) is 11.5 Å². The van der Waals surface area contributed by atoms with Crippen LogP contribution in [0.15, 0.2) is 80.1 Å². The summed E-state index contributed by atoms with van der Waals surface area (Å²) >= 11 is 1.11. The minimum absolute atomic E-state index is 0.0759. The molecule has 1 aliphatic heterocycles. The van der Waals surface area contributed by atoms with Crippen molar-refractivity contribution in [2.24, 2.45) is 4.99 Å². The van der Waals surface area contributed by atoms with E-state index >= 15 is 0 Å². The van der Waals surface area contributed by atoms with Crippen molar-refractivity contribution in [1.82, 2.24) is 4.57 Å². The van der Waals surface area contributed by atoms with E-state index in [0.717, 1.165) is 11.3 Å². The van der Waals surface area contributed by atoms with Crippen molar-refractivity contribution in [1.29, 1.82) is 0 Å². The van der Waals surface area contributed by atoms with Crippen LogP contribution in [0.2, 0.25) is 0 Å². The van der Waals surface area contributed by atoms with Gasteiger partial charge in [-0.15, -0.1) is 0 Å². The lowest BCUT2D eigenvalue weighted by atomic mass is 9.95. The molecule has 1 atom stereocenters. The van der Waals surface area contributed by atoms with E-state index in [4.69, 9.17) is 18.6 Å². The second-order valence-electron chi connectivity index (χ2n) is 9.09. The van der Waals surface area contributed by atoms with Crippen LogP contribution in [0.1, 0.15) is 31.2 Å². The van der Waals surface area contributed by atoms with Crippen molar-refractivity contribution < 1.29 is 33.1 Å². The topological polar surface area (TPSA) is 152 Å². The summed E-state index contributed by atoms with van der Waals surface area (Å²) in [6.07, 6.45) is 1.54. The standard InChI is InChI=1S/C29H23N3O9S/c1-15-25(28(35)39-4)26(18-8-10-22(40-16(2)33)23(13-18)38-3)31-27(34)24(42-29(31)30-15)14-20-9-11-21(41-20)17-6-5-7-19(12-17)32(36)37/h5-14,26H,1-4H3. The van der Waals surface area contributed by atoms with Gasteiger partial charge in [0.15, 0.2) is 16.3 Å². The molecule has 12 nitrogen and oxygen atoms in total. The Bertz CT molecular complexity index is 1970. The van der Waals surface area contributed by atoms with Crippen LogP contribution in [-0.4, -0.2) is 35.6 Å². The third-order valence-corrected chi connectivity index (χ3v) is 7.41.